The zero-order valence-corrected chi connectivity index (χ0v) is 12.1. The van der Waals surface area contributed by atoms with Gasteiger partial charge in [0.1, 0.15) is 11.6 Å². The van der Waals surface area contributed by atoms with E-state index in [2.05, 4.69) is 21.2 Å². The van der Waals surface area contributed by atoms with E-state index in [1.807, 2.05) is 6.92 Å². The molecule has 0 saturated carbocycles. The summed E-state index contributed by atoms with van der Waals surface area (Å²) in [5.74, 6) is -0.951. The summed E-state index contributed by atoms with van der Waals surface area (Å²) in [4.78, 5) is 0. The standard InChI is InChI=1S/C14H13BrF2N2/c1-7-3-11(17)14(6-10(7)16)19-13-4-8(2)12(18)5-9(13)15/h3-6,19H,18H2,1-2H3. The highest BCUT2D eigenvalue weighted by molar-refractivity contribution is 9.10. The SMILES string of the molecule is Cc1cc(Nc2cc(F)c(C)cc2F)c(Br)cc1N. The maximum Gasteiger partial charge on any atom is 0.147 e. The number of rotatable bonds is 2. The van der Waals surface area contributed by atoms with Gasteiger partial charge in [0.25, 0.3) is 0 Å². The summed E-state index contributed by atoms with van der Waals surface area (Å²) in [5.41, 5.74) is 8.25. The Hall–Kier alpha value is -1.62. The second-order valence-electron chi connectivity index (χ2n) is 4.39. The highest BCUT2D eigenvalue weighted by Gasteiger charge is 2.10. The van der Waals surface area contributed by atoms with Gasteiger partial charge < -0.3 is 11.1 Å². The number of hydrogen-bond acceptors (Lipinski definition) is 2. The zero-order chi connectivity index (χ0) is 14.2. The van der Waals surface area contributed by atoms with Crippen LogP contribution in [0.1, 0.15) is 11.1 Å². The lowest BCUT2D eigenvalue weighted by Gasteiger charge is -2.12. The Morgan fingerprint density at radius 1 is 0.947 bits per heavy atom. The second-order valence-corrected chi connectivity index (χ2v) is 5.25. The quantitative estimate of drug-likeness (QED) is 0.787. The first-order chi connectivity index (χ1) is 8.88. The smallest absolute Gasteiger partial charge is 0.147 e. The Morgan fingerprint density at radius 3 is 2.32 bits per heavy atom. The zero-order valence-electron chi connectivity index (χ0n) is 10.5. The molecule has 0 aromatic heterocycles. The number of nitrogens with two attached hydrogens (primary N) is 1. The highest BCUT2D eigenvalue weighted by atomic mass is 79.9. The molecule has 0 heterocycles. The molecule has 2 aromatic rings. The maximum atomic E-state index is 13.8. The third kappa shape index (κ3) is 2.87. The molecule has 0 atom stereocenters. The van der Waals surface area contributed by atoms with Crippen LogP contribution in [0.5, 0.6) is 0 Å². The van der Waals surface area contributed by atoms with E-state index in [-0.39, 0.29) is 11.3 Å². The summed E-state index contributed by atoms with van der Waals surface area (Å²) < 4.78 is 27.9. The van der Waals surface area contributed by atoms with Crippen LogP contribution in [0.2, 0.25) is 0 Å². The molecule has 2 nitrogen and oxygen atoms in total. The van der Waals surface area contributed by atoms with Crippen molar-refractivity contribution in [1.29, 1.82) is 0 Å². The summed E-state index contributed by atoms with van der Waals surface area (Å²) >= 11 is 3.34. The minimum absolute atomic E-state index is 0.0907. The van der Waals surface area contributed by atoms with Gasteiger partial charge in [0.15, 0.2) is 0 Å². The fourth-order valence-electron chi connectivity index (χ4n) is 1.68. The van der Waals surface area contributed by atoms with E-state index >= 15 is 0 Å². The van der Waals surface area contributed by atoms with Gasteiger partial charge in [0, 0.05) is 16.2 Å². The molecule has 0 aliphatic carbocycles. The molecule has 0 aliphatic rings. The third-order valence-corrected chi connectivity index (χ3v) is 3.53. The number of halogens is 3. The molecule has 2 aromatic carbocycles. The van der Waals surface area contributed by atoms with Crippen molar-refractivity contribution in [3.8, 4) is 0 Å². The van der Waals surface area contributed by atoms with E-state index in [1.165, 1.54) is 6.92 Å². The van der Waals surface area contributed by atoms with Gasteiger partial charge in [0.2, 0.25) is 0 Å². The van der Waals surface area contributed by atoms with Crippen LogP contribution < -0.4 is 11.1 Å². The van der Waals surface area contributed by atoms with Crippen molar-refractivity contribution in [3.63, 3.8) is 0 Å². The molecule has 0 amide bonds. The average Bonchev–Trinajstić information content (AvgIpc) is 2.32. The van der Waals surface area contributed by atoms with Crippen LogP contribution in [-0.2, 0) is 0 Å². The predicted octanol–water partition coefficient (Wildman–Crippen LogP) is 4.67. The van der Waals surface area contributed by atoms with E-state index in [4.69, 9.17) is 5.73 Å². The molecule has 0 radical (unpaired) electrons. The number of nitrogen functional groups attached to an aromatic ring is 1. The second kappa shape index (κ2) is 5.17. The van der Waals surface area contributed by atoms with Crippen LogP contribution in [0.25, 0.3) is 0 Å². The van der Waals surface area contributed by atoms with Crippen molar-refractivity contribution < 1.29 is 8.78 Å². The van der Waals surface area contributed by atoms with E-state index < -0.39 is 11.6 Å². The Kier molecular flexibility index (Phi) is 3.75. The van der Waals surface area contributed by atoms with Gasteiger partial charge in [-0.05, 0) is 59.1 Å². The fraction of sp³-hybridized carbons (Fsp3) is 0.143. The average molecular weight is 327 g/mol. The van der Waals surface area contributed by atoms with Gasteiger partial charge in [-0.1, -0.05) is 0 Å². The number of hydrogen-bond donors (Lipinski definition) is 2. The van der Waals surface area contributed by atoms with E-state index in [0.717, 1.165) is 17.7 Å². The Bertz CT molecular complexity index is 586. The number of aryl methyl sites for hydroxylation is 2. The van der Waals surface area contributed by atoms with Gasteiger partial charge in [-0.15, -0.1) is 0 Å². The van der Waals surface area contributed by atoms with Gasteiger partial charge in [-0.3, -0.25) is 0 Å². The topological polar surface area (TPSA) is 38.0 Å². The molecule has 5 heteroatoms. The van der Waals surface area contributed by atoms with Crippen molar-refractivity contribution in [1.82, 2.24) is 0 Å². The summed E-state index contributed by atoms with van der Waals surface area (Å²) in [6, 6.07) is 5.80. The van der Waals surface area contributed by atoms with E-state index in [0.29, 0.717) is 15.8 Å². The molecule has 2 rings (SSSR count). The lowest BCUT2D eigenvalue weighted by atomic mass is 10.1. The van der Waals surface area contributed by atoms with Crippen LogP contribution in [0, 0.1) is 25.5 Å². The fourth-order valence-corrected chi connectivity index (χ4v) is 2.14. The first kappa shape index (κ1) is 13.8. The van der Waals surface area contributed by atoms with E-state index in [9.17, 15) is 8.78 Å². The minimum Gasteiger partial charge on any atom is -0.398 e. The highest BCUT2D eigenvalue weighted by Crippen LogP contribution is 2.31. The maximum absolute atomic E-state index is 13.8. The summed E-state index contributed by atoms with van der Waals surface area (Å²) in [6.45, 7) is 3.37. The molecule has 0 bridgehead atoms. The molecule has 0 spiro atoms. The third-order valence-electron chi connectivity index (χ3n) is 2.87. The van der Waals surface area contributed by atoms with Crippen molar-refractivity contribution in [3.05, 3.63) is 51.5 Å². The van der Waals surface area contributed by atoms with Crippen molar-refractivity contribution >= 4 is 33.0 Å². The summed E-state index contributed by atoms with van der Waals surface area (Å²) in [7, 11) is 0. The Labute approximate surface area is 118 Å². The summed E-state index contributed by atoms with van der Waals surface area (Å²) in [6.07, 6.45) is 0. The van der Waals surface area contributed by atoms with Crippen LogP contribution in [0.15, 0.2) is 28.7 Å². The molecule has 0 unspecified atom stereocenters. The minimum atomic E-state index is -0.500. The van der Waals surface area contributed by atoms with Crippen LogP contribution in [0.3, 0.4) is 0 Å². The van der Waals surface area contributed by atoms with Crippen LogP contribution in [0.4, 0.5) is 25.8 Å². The number of nitrogens with one attached hydrogen (secondary N) is 1. The van der Waals surface area contributed by atoms with Gasteiger partial charge in [-0.2, -0.15) is 0 Å². The molecule has 0 fully saturated rings. The normalized spacial score (nSPS) is 10.6. The largest absolute Gasteiger partial charge is 0.398 e. The Morgan fingerprint density at radius 2 is 1.63 bits per heavy atom. The van der Waals surface area contributed by atoms with Crippen LogP contribution in [-0.4, -0.2) is 0 Å². The van der Waals surface area contributed by atoms with Gasteiger partial charge in [0.05, 0.1) is 11.4 Å². The van der Waals surface area contributed by atoms with Crippen molar-refractivity contribution in [2.75, 3.05) is 11.1 Å². The molecule has 3 N–H and O–H groups in total. The monoisotopic (exact) mass is 326 g/mol. The van der Waals surface area contributed by atoms with Crippen molar-refractivity contribution in [2.24, 2.45) is 0 Å². The number of benzene rings is 2. The summed E-state index contributed by atoms with van der Waals surface area (Å²) in [5, 5.41) is 2.86. The van der Waals surface area contributed by atoms with Crippen molar-refractivity contribution in [2.45, 2.75) is 13.8 Å². The number of anilines is 3. The molecule has 19 heavy (non-hydrogen) atoms. The Balaban J connectivity index is 2.42. The molecule has 0 aliphatic heterocycles. The van der Waals surface area contributed by atoms with Crippen LogP contribution >= 0.6 is 15.9 Å². The van der Waals surface area contributed by atoms with Gasteiger partial charge >= 0.3 is 0 Å². The predicted molar refractivity (Wildman–Crippen MR) is 77.7 cm³/mol. The first-order valence-corrected chi connectivity index (χ1v) is 6.46. The first-order valence-electron chi connectivity index (χ1n) is 5.67. The molecular weight excluding hydrogens is 314 g/mol. The van der Waals surface area contributed by atoms with E-state index in [1.54, 1.807) is 12.1 Å². The molecule has 100 valence electrons. The molecular formula is C14H13BrF2N2. The van der Waals surface area contributed by atoms with Gasteiger partial charge in [-0.25, -0.2) is 8.78 Å². The lowest BCUT2D eigenvalue weighted by Crippen LogP contribution is -1.99. The lowest BCUT2D eigenvalue weighted by molar-refractivity contribution is 0.595. The molecule has 0 saturated heterocycles.